The number of halogens is 3. The molecule has 15 heteroatoms. The second kappa shape index (κ2) is 15.7. The number of hydrogen-bond donors (Lipinski definition) is 4. The van der Waals surface area contributed by atoms with E-state index >= 15 is 0 Å². The smallest absolute Gasteiger partial charge is 0.325 e. The number of fused-ring (bicyclic) bond motifs is 1. The maximum atomic E-state index is 13.4. The highest BCUT2D eigenvalue weighted by Gasteiger charge is 2.35. The monoisotopic (exact) mass is 698 g/mol. The third-order valence-electron chi connectivity index (χ3n) is 7.43. The summed E-state index contributed by atoms with van der Waals surface area (Å²) in [4.78, 5) is 60.9. The lowest BCUT2D eigenvalue weighted by Gasteiger charge is -2.35. The zero-order valence-corrected chi connectivity index (χ0v) is 28.9. The first-order valence-electron chi connectivity index (χ1n) is 14.9. The van der Waals surface area contributed by atoms with Crippen LogP contribution in [0.1, 0.15) is 71.7 Å². The van der Waals surface area contributed by atoms with Gasteiger partial charge >= 0.3 is 5.97 Å². The number of aromatic nitrogens is 2. The molecule has 1 aliphatic rings. The number of aliphatic hydroxyl groups excluding tert-OH is 1. The van der Waals surface area contributed by atoms with Gasteiger partial charge in [-0.1, -0.05) is 54.7 Å². The van der Waals surface area contributed by atoms with Gasteiger partial charge in [0.05, 0.1) is 28.9 Å². The van der Waals surface area contributed by atoms with Gasteiger partial charge in [0.15, 0.2) is 0 Å². The zero-order valence-electron chi connectivity index (χ0n) is 26.6. The van der Waals surface area contributed by atoms with Crippen molar-refractivity contribution in [2.24, 2.45) is 11.3 Å². The molecule has 4 N–H and O–H groups in total. The Morgan fingerprint density at radius 1 is 1.11 bits per heavy atom. The zero-order chi connectivity index (χ0) is 34.4. The van der Waals surface area contributed by atoms with Crippen LogP contribution in [0.2, 0.25) is 0 Å². The molecule has 1 saturated heterocycles. The van der Waals surface area contributed by atoms with E-state index in [0.29, 0.717) is 36.2 Å². The normalized spacial score (nSPS) is 17.9. The SMILES string of the molecule is CC(C)[C@H](NC(=O)C(C)(C)C=Cc1cc2cc([C@@H](C)O)cnc2cn1)C(=O)N[C@@H](C)C(=O)N1CCC[C@@H](C(=O)OCC(Cl)(Cl)Cl)N1. The minimum atomic E-state index is -1.76. The quantitative estimate of drug-likeness (QED) is 0.202. The van der Waals surface area contributed by atoms with E-state index in [-0.39, 0.29) is 5.92 Å². The molecule has 1 fully saturated rings. The van der Waals surface area contributed by atoms with Crippen LogP contribution >= 0.6 is 34.8 Å². The average Bonchev–Trinajstić information content (AvgIpc) is 2.99. The summed E-state index contributed by atoms with van der Waals surface area (Å²) < 4.78 is 3.27. The number of hydrogen-bond acceptors (Lipinski definition) is 9. The number of carbonyl (C=O) groups excluding carboxylic acids is 4. The van der Waals surface area contributed by atoms with E-state index in [2.05, 4.69) is 26.0 Å². The van der Waals surface area contributed by atoms with E-state index in [1.165, 1.54) is 11.9 Å². The summed E-state index contributed by atoms with van der Waals surface area (Å²) in [6.07, 6.45) is 6.89. The highest BCUT2D eigenvalue weighted by atomic mass is 35.6. The van der Waals surface area contributed by atoms with Crippen LogP contribution in [0.3, 0.4) is 0 Å². The molecule has 0 unspecified atom stereocenters. The summed E-state index contributed by atoms with van der Waals surface area (Å²) in [5, 5.41) is 17.4. The fourth-order valence-corrected chi connectivity index (χ4v) is 4.75. The summed E-state index contributed by atoms with van der Waals surface area (Å²) in [5.74, 6) is -2.36. The molecule has 12 nitrogen and oxygen atoms in total. The molecule has 4 atom stereocenters. The minimum Gasteiger partial charge on any atom is -0.460 e. The van der Waals surface area contributed by atoms with Crippen molar-refractivity contribution in [2.75, 3.05) is 13.2 Å². The molecule has 252 valence electrons. The Hall–Kier alpha value is -3.03. The van der Waals surface area contributed by atoms with Crippen LogP contribution in [-0.2, 0) is 23.9 Å². The molecule has 0 aromatic carbocycles. The second-order valence-corrected chi connectivity index (χ2v) is 14.8. The number of nitrogens with zero attached hydrogens (tertiary/aromatic N) is 3. The van der Waals surface area contributed by atoms with Crippen LogP contribution in [0.4, 0.5) is 0 Å². The van der Waals surface area contributed by atoms with Gasteiger partial charge in [-0.2, -0.15) is 0 Å². The van der Waals surface area contributed by atoms with Crippen molar-refractivity contribution in [3.8, 4) is 0 Å². The Bertz CT molecular complexity index is 1460. The summed E-state index contributed by atoms with van der Waals surface area (Å²) in [7, 11) is 0. The Morgan fingerprint density at radius 2 is 1.80 bits per heavy atom. The number of nitrogens with one attached hydrogen (secondary N) is 3. The molecule has 1 aliphatic heterocycles. The van der Waals surface area contributed by atoms with Crippen LogP contribution in [0.15, 0.2) is 30.6 Å². The van der Waals surface area contributed by atoms with Gasteiger partial charge in [-0.05, 0) is 70.2 Å². The molecule has 3 heterocycles. The predicted octanol–water partition coefficient (Wildman–Crippen LogP) is 3.78. The number of carbonyl (C=O) groups is 4. The minimum absolute atomic E-state index is 0.297. The van der Waals surface area contributed by atoms with Crippen molar-refractivity contribution in [1.82, 2.24) is 31.0 Å². The molecule has 0 aliphatic carbocycles. The van der Waals surface area contributed by atoms with Gasteiger partial charge in [-0.15, -0.1) is 0 Å². The van der Waals surface area contributed by atoms with Gasteiger partial charge in [0.2, 0.25) is 15.6 Å². The maximum Gasteiger partial charge on any atom is 0.325 e. The molecule has 0 spiro atoms. The van der Waals surface area contributed by atoms with E-state index in [1.54, 1.807) is 59.2 Å². The molecule has 0 bridgehead atoms. The number of alkyl halides is 3. The van der Waals surface area contributed by atoms with Gasteiger partial charge in [-0.3, -0.25) is 34.2 Å². The Labute approximate surface area is 283 Å². The molecular formula is C31H41Cl3N6O6. The molecule has 3 rings (SSSR count). The van der Waals surface area contributed by atoms with E-state index in [4.69, 9.17) is 39.5 Å². The molecule has 0 radical (unpaired) electrons. The summed E-state index contributed by atoms with van der Waals surface area (Å²) in [5.41, 5.74) is 3.74. The fourth-order valence-electron chi connectivity index (χ4n) is 4.58. The molecule has 0 saturated carbocycles. The number of pyridine rings is 2. The molecule has 2 aromatic heterocycles. The van der Waals surface area contributed by atoms with Gasteiger partial charge in [0.25, 0.3) is 5.91 Å². The predicted molar refractivity (Wildman–Crippen MR) is 176 cm³/mol. The van der Waals surface area contributed by atoms with Crippen LogP contribution in [0.25, 0.3) is 17.0 Å². The number of esters is 1. The lowest BCUT2D eigenvalue weighted by molar-refractivity contribution is -0.152. The third kappa shape index (κ3) is 10.5. The average molecular weight is 700 g/mol. The van der Waals surface area contributed by atoms with Crippen molar-refractivity contribution >= 4 is 75.5 Å². The van der Waals surface area contributed by atoms with Crippen LogP contribution in [0, 0.1) is 11.3 Å². The third-order valence-corrected chi connectivity index (χ3v) is 7.76. The van der Waals surface area contributed by atoms with Crippen molar-refractivity contribution in [2.45, 2.75) is 82.4 Å². The topological polar surface area (TPSA) is 163 Å². The molecule has 46 heavy (non-hydrogen) atoms. The number of hydrazine groups is 1. The summed E-state index contributed by atoms with van der Waals surface area (Å²) >= 11 is 16.9. The first-order chi connectivity index (χ1) is 21.4. The van der Waals surface area contributed by atoms with E-state index in [0.717, 1.165) is 5.39 Å². The first-order valence-corrected chi connectivity index (χ1v) is 16.1. The molecule has 3 amide bonds. The summed E-state index contributed by atoms with van der Waals surface area (Å²) in [6, 6.07) is 0.926. The number of ether oxygens (including phenoxy) is 1. The van der Waals surface area contributed by atoms with E-state index in [9.17, 15) is 24.3 Å². The number of amides is 3. The van der Waals surface area contributed by atoms with Crippen LogP contribution < -0.4 is 16.1 Å². The van der Waals surface area contributed by atoms with Crippen LogP contribution in [-0.4, -0.2) is 78.8 Å². The Kier molecular flexibility index (Phi) is 12.8. The molecule has 2 aromatic rings. The van der Waals surface area contributed by atoms with Gasteiger partial charge in [-0.25, -0.2) is 5.43 Å². The maximum absolute atomic E-state index is 13.4. The first kappa shape index (κ1) is 37.4. The molecular weight excluding hydrogens is 659 g/mol. The van der Waals surface area contributed by atoms with Gasteiger partial charge < -0.3 is 20.5 Å². The van der Waals surface area contributed by atoms with E-state index in [1.807, 2.05) is 12.1 Å². The second-order valence-electron chi connectivity index (χ2n) is 12.3. The highest BCUT2D eigenvalue weighted by molar-refractivity contribution is 6.67. The van der Waals surface area contributed by atoms with Crippen LogP contribution in [0.5, 0.6) is 0 Å². The lowest BCUT2D eigenvalue weighted by atomic mass is 9.90. The fraction of sp³-hybridized carbons (Fsp3) is 0.548. The lowest BCUT2D eigenvalue weighted by Crippen LogP contribution is -2.61. The van der Waals surface area contributed by atoms with Gasteiger partial charge in [0, 0.05) is 18.1 Å². The Balaban J connectivity index is 1.62. The highest BCUT2D eigenvalue weighted by Crippen LogP contribution is 2.26. The number of aliphatic hydroxyl groups is 1. The largest absolute Gasteiger partial charge is 0.460 e. The number of rotatable bonds is 11. The van der Waals surface area contributed by atoms with Gasteiger partial charge in [0.1, 0.15) is 24.7 Å². The van der Waals surface area contributed by atoms with Crippen molar-refractivity contribution < 1.29 is 29.0 Å². The standard InChI is InChI=1S/C31H41Cl3N6O6/c1-17(2)25(26(42)37-18(3)27(43)40-11-7-8-23(39-40)28(44)46-16-31(32,33)34)38-29(45)30(5,6)10-9-22-13-20-12-21(19(4)41)14-36-24(20)15-35-22/h9-10,12-15,17-19,23,25,39,41H,7-8,11,16H2,1-6H3,(H,37,42)(H,38,45)/t18-,19+,23-,25-/m0/s1. The Morgan fingerprint density at radius 3 is 2.43 bits per heavy atom. The van der Waals surface area contributed by atoms with Crippen molar-refractivity contribution in [3.63, 3.8) is 0 Å². The van der Waals surface area contributed by atoms with Crippen molar-refractivity contribution in [1.29, 1.82) is 0 Å². The summed E-state index contributed by atoms with van der Waals surface area (Å²) in [6.45, 7) is 10.1. The van der Waals surface area contributed by atoms with E-state index < -0.39 is 63.7 Å². The van der Waals surface area contributed by atoms with Crippen molar-refractivity contribution in [3.05, 3.63) is 41.9 Å².